The van der Waals surface area contributed by atoms with Gasteiger partial charge >= 0.3 is 11.9 Å². The summed E-state index contributed by atoms with van der Waals surface area (Å²) in [5.41, 5.74) is 0.263. The molecule has 1 aromatic rings. The third-order valence-electron chi connectivity index (χ3n) is 3.32. The van der Waals surface area contributed by atoms with E-state index in [0.29, 0.717) is 17.9 Å². The van der Waals surface area contributed by atoms with Crippen molar-refractivity contribution in [2.24, 2.45) is 5.41 Å². The first-order valence-corrected chi connectivity index (χ1v) is 7.16. The molecule has 0 atom stereocenters. The van der Waals surface area contributed by atoms with Crippen molar-refractivity contribution in [1.29, 1.82) is 0 Å². The molecule has 0 radical (unpaired) electrons. The maximum atomic E-state index is 11.3. The molecule has 1 aliphatic rings. The summed E-state index contributed by atoms with van der Waals surface area (Å²) in [7, 11) is 1.40. The molecule has 104 valence electrons. The molecule has 1 fully saturated rings. The Kier molecular flexibility index (Phi) is 4.19. The molecule has 1 saturated carbocycles. The Hall–Kier alpha value is -1.43. The second kappa shape index (κ2) is 5.69. The van der Waals surface area contributed by atoms with E-state index in [0.717, 1.165) is 18.6 Å². The number of carbonyl (C=O) groups excluding carboxylic acids is 1. The van der Waals surface area contributed by atoms with Crippen molar-refractivity contribution in [1.82, 2.24) is 0 Å². The minimum absolute atomic E-state index is 0.0493. The molecule has 0 aromatic carbocycles. The lowest BCUT2D eigenvalue weighted by Crippen LogP contribution is -2.13. The van der Waals surface area contributed by atoms with Gasteiger partial charge in [-0.2, -0.15) is 11.8 Å². The van der Waals surface area contributed by atoms with E-state index in [1.807, 2.05) is 0 Å². The molecular formula is C13H16O5S. The number of furan rings is 1. The van der Waals surface area contributed by atoms with Crippen LogP contribution in [0.15, 0.2) is 16.7 Å². The summed E-state index contributed by atoms with van der Waals surface area (Å²) >= 11 is 1.60. The topological polar surface area (TPSA) is 76.7 Å². The molecule has 19 heavy (non-hydrogen) atoms. The van der Waals surface area contributed by atoms with Crippen LogP contribution in [0.5, 0.6) is 0 Å². The molecule has 0 saturated heterocycles. The molecule has 1 heterocycles. The minimum Gasteiger partial charge on any atom is -0.478 e. The lowest BCUT2D eigenvalue weighted by atomic mass is 10.1. The second-order valence-corrected chi connectivity index (χ2v) is 5.79. The number of hydrogen-bond donors (Lipinski definition) is 1. The maximum absolute atomic E-state index is 11.3. The normalized spacial score (nSPS) is 16.1. The lowest BCUT2D eigenvalue weighted by molar-refractivity contribution is -0.141. The standard InChI is InChI=1S/C13H16O5S/c1-17-11(14)6-13(3-4-13)8-19-7-10-9(12(15)16)2-5-18-10/h2,5H,3-4,6-8H2,1H3,(H,15,16). The van der Waals surface area contributed by atoms with E-state index in [2.05, 4.69) is 4.74 Å². The summed E-state index contributed by atoms with van der Waals surface area (Å²) in [6.07, 6.45) is 3.89. The van der Waals surface area contributed by atoms with Gasteiger partial charge in [0, 0.05) is 0 Å². The average Bonchev–Trinajstić information content (AvgIpc) is 2.95. The fraction of sp³-hybridized carbons (Fsp3) is 0.538. The fourth-order valence-corrected chi connectivity index (χ4v) is 3.27. The van der Waals surface area contributed by atoms with E-state index in [1.54, 1.807) is 11.8 Å². The minimum atomic E-state index is -0.972. The van der Waals surface area contributed by atoms with Crippen molar-refractivity contribution < 1.29 is 23.8 Å². The quantitative estimate of drug-likeness (QED) is 0.775. The highest BCUT2D eigenvalue weighted by atomic mass is 32.2. The van der Waals surface area contributed by atoms with E-state index in [9.17, 15) is 9.59 Å². The van der Waals surface area contributed by atoms with Crippen molar-refractivity contribution in [2.75, 3.05) is 12.9 Å². The van der Waals surface area contributed by atoms with E-state index >= 15 is 0 Å². The maximum Gasteiger partial charge on any atom is 0.339 e. The third kappa shape index (κ3) is 3.53. The number of thioether (sulfide) groups is 1. The van der Waals surface area contributed by atoms with Gasteiger partial charge in [0.15, 0.2) is 0 Å². The predicted molar refractivity (Wildman–Crippen MR) is 70.1 cm³/mol. The first-order chi connectivity index (χ1) is 9.06. The third-order valence-corrected chi connectivity index (χ3v) is 4.60. The number of carboxylic acids is 1. The van der Waals surface area contributed by atoms with Crippen molar-refractivity contribution in [2.45, 2.75) is 25.0 Å². The molecule has 0 aliphatic heterocycles. The molecule has 1 N–H and O–H groups in total. The monoisotopic (exact) mass is 284 g/mol. The Morgan fingerprint density at radius 3 is 2.84 bits per heavy atom. The summed E-state index contributed by atoms with van der Waals surface area (Å²) in [6, 6.07) is 1.46. The van der Waals surface area contributed by atoms with Gasteiger partial charge in [0.25, 0.3) is 0 Å². The molecule has 6 heteroatoms. The number of rotatable bonds is 7. The van der Waals surface area contributed by atoms with Gasteiger partial charge in [0.1, 0.15) is 11.3 Å². The van der Waals surface area contributed by atoms with E-state index < -0.39 is 5.97 Å². The zero-order valence-electron chi connectivity index (χ0n) is 10.7. The van der Waals surface area contributed by atoms with Gasteiger partial charge < -0.3 is 14.3 Å². The highest BCUT2D eigenvalue weighted by molar-refractivity contribution is 7.98. The summed E-state index contributed by atoms with van der Waals surface area (Å²) < 4.78 is 9.85. The average molecular weight is 284 g/mol. The fourth-order valence-electron chi connectivity index (χ4n) is 1.93. The summed E-state index contributed by atoms with van der Waals surface area (Å²) in [5.74, 6) is 0.660. The van der Waals surface area contributed by atoms with Crippen molar-refractivity contribution >= 4 is 23.7 Å². The number of hydrogen-bond acceptors (Lipinski definition) is 5. The molecular weight excluding hydrogens is 268 g/mol. The lowest BCUT2D eigenvalue weighted by Gasteiger charge is -2.12. The van der Waals surface area contributed by atoms with Gasteiger partial charge in [0.2, 0.25) is 0 Å². The number of aromatic carboxylic acids is 1. The number of ether oxygens (including phenoxy) is 1. The van der Waals surface area contributed by atoms with Gasteiger partial charge in [-0.3, -0.25) is 4.79 Å². The van der Waals surface area contributed by atoms with Crippen LogP contribution in [0.2, 0.25) is 0 Å². The van der Waals surface area contributed by atoms with E-state index in [1.165, 1.54) is 19.4 Å². The first kappa shape index (κ1) is 14.0. The Balaban J connectivity index is 1.82. The molecule has 0 bridgehead atoms. The zero-order valence-corrected chi connectivity index (χ0v) is 11.5. The van der Waals surface area contributed by atoms with Crippen molar-refractivity contribution in [3.8, 4) is 0 Å². The van der Waals surface area contributed by atoms with Crippen LogP contribution < -0.4 is 0 Å². The summed E-state index contributed by atoms with van der Waals surface area (Å²) in [5, 5.41) is 8.95. The predicted octanol–water partition coefficient (Wildman–Crippen LogP) is 2.55. The Morgan fingerprint density at radius 1 is 1.53 bits per heavy atom. The zero-order chi connectivity index (χ0) is 13.9. The van der Waals surface area contributed by atoms with Crippen LogP contribution in [0.3, 0.4) is 0 Å². The van der Waals surface area contributed by atoms with Crippen LogP contribution in [0, 0.1) is 5.41 Å². The summed E-state index contributed by atoms with van der Waals surface area (Å²) in [6.45, 7) is 0. The Morgan fingerprint density at radius 2 is 2.26 bits per heavy atom. The van der Waals surface area contributed by atoms with Gasteiger partial charge in [-0.1, -0.05) is 0 Å². The largest absolute Gasteiger partial charge is 0.478 e. The van der Waals surface area contributed by atoms with Crippen LogP contribution in [0.4, 0.5) is 0 Å². The van der Waals surface area contributed by atoms with Gasteiger partial charge in [-0.05, 0) is 30.1 Å². The molecule has 0 unspecified atom stereocenters. The van der Waals surface area contributed by atoms with Crippen LogP contribution >= 0.6 is 11.8 Å². The summed E-state index contributed by atoms with van der Waals surface area (Å²) in [4.78, 5) is 22.2. The Labute approximate surface area is 115 Å². The second-order valence-electron chi connectivity index (χ2n) is 4.81. The van der Waals surface area contributed by atoms with Crippen LogP contribution in [-0.2, 0) is 15.3 Å². The molecule has 5 nitrogen and oxygen atoms in total. The number of methoxy groups -OCH3 is 1. The van der Waals surface area contributed by atoms with Crippen LogP contribution in [-0.4, -0.2) is 29.9 Å². The molecule has 0 amide bonds. The molecule has 1 aliphatic carbocycles. The van der Waals surface area contributed by atoms with Crippen LogP contribution in [0.25, 0.3) is 0 Å². The van der Waals surface area contributed by atoms with Gasteiger partial charge in [-0.15, -0.1) is 0 Å². The van der Waals surface area contributed by atoms with Gasteiger partial charge in [-0.25, -0.2) is 4.79 Å². The number of carboxylic acid groups (broad SMARTS) is 1. The van der Waals surface area contributed by atoms with E-state index in [-0.39, 0.29) is 16.9 Å². The highest BCUT2D eigenvalue weighted by Gasteiger charge is 2.44. The van der Waals surface area contributed by atoms with Crippen molar-refractivity contribution in [3.63, 3.8) is 0 Å². The number of esters is 1. The number of carbonyl (C=O) groups is 2. The van der Waals surface area contributed by atoms with Crippen LogP contribution in [0.1, 0.15) is 35.4 Å². The molecule has 1 aromatic heterocycles. The van der Waals surface area contributed by atoms with Crippen molar-refractivity contribution in [3.05, 3.63) is 23.7 Å². The highest BCUT2D eigenvalue weighted by Crippen LogP contribution is 2.51. The first-order valence-electron chi connectivity index (χ1n) is 6.00. The van der Waals surface area contributed by atoms with Gasteiger partial charge in [0.05, 0.1) is 25.5 Å². The smallest absolute Gasteiger partial charge is 0.339 e. The van der Waals surface area contributed by atoms with E-state index in [4.69, 9.17) is 9.52 Å². The SMILES string of the molecule is COC(=O)CC1(CSCc2occc2C(=O)O)CC1. The Bertz CT molecular complexity index is 475. The molecule has 2 rings (SSSR count). The molecule has 0 spiro atoms.